The van der Waals surface area contributed by atoms with Gasteiger partial charge in [0.2, 0.25) is 0 Å². The maximum Gasteiger partial charge on any atom is 0.167 e. The highest BCUT2D eigenvalue weighted by Crippen LogP contribution is 2.24. The van der Waals surface area contributed by atoms with Gasteiger partial charge in [-0.3, -0.25) is 9.69 Å². The summed E-state index contributed by atoms with van der Waals surface area (Å²) < 4.78 is 4.76. The van der Waals surface area contributed by atoms with Crippen LogP contribution in [0.2, 0.25) is 0 Å². The van der Waals surface area contributed by atoms with Crippen LogP contribution in [-0.2, 0) is 6.54 Å². The average molecular weight is 367 g/mol. The van der Waals surface area contributed by atoms with E-state index in [2.05, 4.69) is 21.3 Å². The van der Waals surface area contributed by atoms with Gasteiger partial charge in [0, 0.05) is 29.5 Å². The largest absolute Gasteiger partial charge is 0.298 e. The Labute approximate surface area is 156 Å². The molecule has 1 aliphatic heterocycles. The SMILES string of the molecule is CSc1ccc(C(=O)[C@@H]2CCCN(Cc3ccc4nonc4c3)C2)cc1. The molecule has 0 saturated carbocycles. The molecule has 0 unspecified atom stereocenters. The number of likely N-dealkylation sites (tertiary alicyclic amines) is 1. The smallest absolute Gasteiger partial charge is 0.167 e. The second-order valence-corrected chi connectivity index (χ2v) is 7.63. The minimum absolute atomic E-state index is 0.0707. The van der Waals surface area contributed by atoms with Crippen molar-refractivity contribution in [2.75, 3.05) is 19.3 Å². The highest BCUT2D eigenvalue weighted by Gasteiger charge is 2.26. The lowest BCUT2D eigenvalue weighted by Gasteiger charge is -2.32. The first-order valence-electron chi connectivity index (χ1n) is 8.85. The Morgan fingerprint density at radius 2 is 2.00 bits per heavy atom. The third kappa shape index (κ3) is 3.66. The van der Waals surface area contributed by atoms with Crippen molar-refractivity contribution in [1.82, 2.24) is 15.2 Å². The van der Waals surface area contributed by atoms with Gasteiger partial charge in [-0.2, -0.15) is 0 Å². The molecule has 3 aromatic rings. The van der Waals surface area contributed by atoms with Gasteiger partial charge in [0.05, 0.1) is 0 Å². The molecule has 1 aromatic heterocycles. The van der Waals surface area contributed by atoms with Gasteiger partial charge in [-0.25, -0.2) is 4.63 Å². The number of ketones is 1. The predicted octanol–water partition coefficient (Wildman–Crippen LogP) is 4.04. The van der Waals surface area contributed by atoms with E-state index >= 15 is 0 Å². The molecule has 1 aliphatic rings. The second kappa shape index (κ2) is 7.60. The van der Waals surface area contributed by atoms with E-state index in [4.69, 9.17) is 4.63 Å². The molecule has 0 spiro atoms. The molecule has 1 saturated heterocycles. The van der Waals surface area contributed by atoms with Gasteiger partial charge in [0.25, 0.3) is 0 Å². The van der Waals surface area contributed by atoms with Crippen molar-refractivity contribution >= 4 is 28.6 Å². The van der Waals surface area contributed by atoms with E-state index in [1.807, 2.05) is 42.7 Å². The molecule has 0 bridgehead atoms. The normalized spacial score (nSPS) is 18.3. The fourth-order valence-corrected chi connectivity index (χ4v) is 4.00. The van der Waals surface area contributed by atoms with E-state index in [1.54, 1.807) is 11.8 Å². The summed E-state index contributed by atoms with van der Waals surface area (Å²) in [7, 11) is 0. The molecule has 5 nitrogen and oxygen atoms in total. The second-order valence-electron chi connectivity index (χ2n) is 6.75. The summed E-state index contributed by atoms with van der Waals surface area (Å²) in [6, 6.07) is 14.0. The lowest BCUT2D eigenvalue weighted by molar-refractivity contribution is 0.0811. The summed E-state index contributed by atoms with van der Waals surface area (Å²) in [6.45, 7) is 2.64. The zero-order chi connectivity index (χ0) is 17.9. The Hall–Kier alpha value is -2.18. The van der Waals surface area contributed by atoms with Crippen LogP contribution >= 0.6 is 11.8 Å². The number of carbonyl (C=O) groups is 1. The van der Waals surface area contributed by atoms with Crippen LogP contribution in [0.4, 0.5) is 0 Å². The number of aromatic nitrogens is 2. The molecule has 4 rings (SSSR count). The molecule has 0 amide bonds. The van der Waals surface area contributed by atoms with Gasteiger partial charge in [-0.05, 0) is 65.8 Å². The van der Waals surface area contributed by atoms with Crippen LogP contribution in [0.15, 0.2) is 52.0 Å². The van der Waals surface area contributed by atoms with Crippen LogP contribution in [0.1, 0.15) is 28.8 Å². The summed E-state index contributed by atoms with van der Waals surface area (Å²) in [4.78, 5) is 16.4. The summed E-state index contributed by atoms with van der Waals surface area (Å²) >= 11 is 1.69. The first-order valence-corrected chi connectivity index (χ1v) is 10.1. The van der Waals surface area contributed by atoms with Gasteiger partial charge >= 0.3 is 0 Å². The molecule has 1 atom stereocenters. The molecule has 26 heavy (non-hydrogen) atoms. The van der Waals surface area contributed by atoms with Crippen LogP contribution < -0.4 is 0 Å². The molecule has 2 heterocycles. The highest BCUT2D eigenvalue weighted by atomic mass is 32.2. The van der Waals surface area contributed by atoms with Gasteiger partial charge in [-0.15, -0.1) is 11.8 Å². The third-order valence-corrected chi connectivity index (χ3v) is 5.72. The topological polar surface area (TPSA) is 59.2 Å². The van der Waals surface area contributed by atoms with Crippen LogP contribution in [-0.4, -0.2) is 40.3 Å². The minimum atomic E-state index is 0.0707. The van der Waals surface area contributed by atoms with Gasteiger partial charge < -0.3 is 0 Å². The highest BCUT2D eigenvalue weighted by molar-refractivity contribution is 7.98. The van der Waals surface area contributed by atoms with Crippen molar-refractivity contribution in [3.63, 3.8) is 0 Å². The van der Waals surface area contributed by atoms with Crippen LogP contribution in [0.5, 0.6) is 0 Å². The monoisotopic (exact) mass is 367 g/mol. The van der Waals surface area contributed by atoms with E-state index in [9.17, 15) is 4.79 Å². The molecule has 0 aliphatic carbocycles. The zero-order valence-corrected chi connectivity index (χ0v) is 15.5. The minimum Gasteiger partial charge on any atom is -0.298 e. The Bertz CT molecular complexity index is 907. The third-order valence-electron chi connectivity index (χ3n) is 4.98. The van der Waals surface area contributed by atoms with E-state index < -0.39 is 0 Å². The van der Waals surface area contributed by atoms with Gasteiger partial charge in [-0.1, -0.05) is 18.2 Å². The molecular weight excluding hydrogens is 346 g/mol. The summed E-state index contributed by atoms with van der Waals surface area (Å²) in [5.41, 5.74) is 3.55. The molecule has 0 N–H and O–H groups in total. The number of hydrogen-bond acceptors (Lipinski definition) is 6. The van der Waals surface area contributed by atoms with E-state index in [0.29, 0.717) is 0 Å². The number of nitrogens with zero attached hydrogens (tertiary/aromatic N) is 3. The molecule has 6 heteroatoms. The van der Waals surface area contributed by atoms with Crippen molar-refractivity contribution in [3.05, 3.63) is 53.6 Å². The Kier molecular flexibility index (Phi) is 5.04. The number of thioether (sulfide) groups is 1. The van der Waals surface area contributed by atoms with E-state index in [0.717, 1.165) is 49.1 Å². The number of benzene rings is 2. The van der Waals surface area contributed by atoms with E-state index in [-0.39, 0.29) is 11.7 Å². The Balaban J connectivity index is 1.43. The average Bonchev–Trinajstić information content (AvgIpc) is 3.15. The number of fused-ring (bicyclic) bond motifs is 1. The quantitative estimate of drug-likeness (QED) is 0.501. The predicted molar refractivity (Wildman–Crippen MR) is 102 cm³/mol. The number of rotatable bonds is 5. The number of hydrogen-bond donors (Lipinski definition) is 0. The summed E-state index contributed by atoms with van der Waals surface area (Å²) in [6.07, 6.45) is 4.06. The summed E-state index contributed by atoms with van der Waals surface area (Å²) in [5.74, 6) is 0.333. The fourth-order valence-electron chi connectivity index (χ4n) is 3.59. The van der Waals surface area contributed by atoms with Crippen molar-refractivity contribution in [3.8, 4) is 0 Å². The molecular formula is C20H21N3O2S. The first kappa shape index (κ1) is 17.2. The van der Waals surface area contributed by atoms with Crippen molar-refractivity contribution < 1.29 is 9.42 Å². The summed E-state index contributed by atoms with van der Waals surface area (Å²) in [5, 5.41) is 7.75. The lowest BCUT2D eigenvalue weighted by Crippen LogP contribution is -2.38. The van der Waals surface area contributed by atoms with Crippen LogP contribution in [0.25, 0.3) is 11.0 Å². The zero-order valence-electron chi connectivity index (χ0n) is 14.7. The first-order chi connectivity index (χ1) is 12.7. The van der Waals surface area contributed by atoms with Crippen LogP contribution in [0.3, 0.4) is 0 Å². The fraction of sp³-hybridized carbons (Fsp3) is 0.350. The standard InChI is InChI=1S/C20H21N3O2S/c1-26-17-7-5-15(6-8-17)20(24)16-3-2-10-23(13-16)12-14-4-9-18-19(11-14)22-25-21-18/h4-9,11,16H,2-3,10,12-13H2,1H3/t16-/m1/s1. The van der Waals surface area contributed by atoms with Crippen molar-refractivity contribution in [1.29, 1.82) is 0 Å². The molecule has 2 aromatic carbocycles. The van der Waals surface area contributed by atoms with Gasteiger partial charge in [0.15, 0.2) is 5.78 Å². The van der Waals surface area contributed by atoms with Crippen LogP contribution in [0, 0.1) is 5.92 Å². The Morgan fingerprint density at radius 3 is 2.81 bits per heavy atom. The van der Waals surface area contributed by atoms with E-state index in [1.165, 1.54) is 10.5 Å². The Morgan fingerprint density at radius 1 is 1.19 bits per heavy atom. The number of Topliss-reactive ketones (excluding diaryl/α,β-unsaturated/α-hetero) is 1. The molecule has 134 valence electrons. The maximum absolute atomic E-state index is 12.9. The molecule has 1 fully saturated rings. The van der Waals surface area contributed by atoms with Crippen molar-refractivity contribution in [2.24, 2.45) is 5.92 Å². The lowest BCUT2D eigenvalue weighted by atomic mass is 9.90. The number of carbonyl (C=O) groups excluding carboxylic acids is 1. The van der Waals surface area contributed by atoms with Crippen molar-refractivity contribution in [2.45, 2.75) is 24.3 Å². The maximum atomic E-state index is 12.9. The molecule has 0 radical (unpaired) electrons. The van der Waals surface area contributed by atoms with Gasteiger partial charge in [0.1, 0.15) is 11.0 Å². The number of piperidine rings is 1.